The summed E-state index contributed by atoms with van der Waals surface area (Å²) in [6.45, 7) is 3.81. The molecule has 4 amide bonds. The summed E-state index contributed by atoms with van der Waals surface area (Å²) in [5, 5.41) is 11.0. The Balaban J connectivity index is 0.000000261. The summed E-state index contributed by atoms with van der Waals surface area (Å²) < 4.78 is 0. The number of rotatable bonds is 4. The van der Waals surface area contributed by atoms with Gasteiger partial charge < -0.3 is 22.1 Å². The third-order valence-corrected chi connectivity index (χ3v) is 5.77. The monoisotopic (exact) mass is 544 g/mol. The highest BCUT2D eigenvalue weighted by Gasteiger charge is 2.17. The van der Waals surface area contributed by atoms with Crippen LogP contribution in [0.2, 0.25) is 10.0 Å². The summed E-state index contributed by atoms with van der Waals surface area (Å²) >= 11 is 12.0. The van der Waals surface area contributed by atoms with Gasteiger partial charge in [0.15, 0.2) is 11.9 Å². The van der Waals surface area contributed by atoms with Gasteiger partial charge in [-0.2, -0.15) is 0 Å². The van der Waals surface area contributed by atoms with E-state index in [1.165, 1.54) is 6.42 Å². The zero-order valence-corrected chi connectivity index (χ0v) is 22.1. The highest BCUT2D eigenvalue weighted by atomic mass is 35.5. The zero-order valence-electron chi connectivity index (χ0n) is 20.6. The van der Waals surface area contributed by atoms with Crippen LogP contribution in [0.1, 0.15) is 30.4 Å². The molecule has 1 aliphatic carbocycles. The van der Waals surface area contributed by atoms with E-state index in [4.69, 9.17) is 41.1 Å². The third kappa shape index (κ3) is 9.91. The minimum atomic E-state index is -0.524. The second-order valence-corrected chi connectivity index (χ2v) is 8.84. The van der Waals surface area contributed by atoms with E-state index in [0.29, 0.717) is 21.4 Å². The Morgan fingerprint density at radius 2 is 1.43 bits per heavy atom. The predicted octanol–water partition coefficient (Wildman–Crippen LogP) is 4.35. The lowest BCUT2D eigenvalue weighted by atomic mass is 9.94. The van der Waals surface area contributed by atoms with Crippen molar-refractivity contribution in [1.82, 2.24) is 10.6 Å². The van der Waals surface area contributed by atoms with Crippen molar-refractivity contribution in [2.75, 3.05) is 17.2 Å². The predicted molar refractivity (Wildman–Crippen MR) is 151 cm³/mol. The number of terminal acetylenes is 1. The van der Waals surface area contributed by atoms with Crippen molar-refractivity contribution in [3.63, 3.8) is 0 Å². The molecule has 0 heterocycles. The van der Waals surface area contributed by atoms with Crippen molar-refractivity contribution in [2.45, 2.75) is 39.2 Å². The molecule has 0 radical (unpaired) electrons. The quantitative estimate of drug-likeness (QED) is 0.192. The van der Waals surface area contributed by atoms with Gasteiger partial charge in [-0.05, 0) is 56.4 Å². The van der Waals surface area contributed by atoms with Crippen molar-refractivity contribution in [1.29, 1.82) is 0 Å². The van der Waals surface area contributed by atoms with E-state index in [1.54, 1.807) is 18.2 Å². The smallest absolute Gasteiger partial charge is 0.326 e. The van der Waals surface area contributed by atoms with Crippen LogP contribution in [-0.2, 0) is 0 Å². The van der Waals surface area contributed by atoms with Crippen LogP contribution in [-0.4, -0.2) is 36.6 Å². The molecule has 0 atom stereocenters. The fourth-order valence-electron chi connectivity index (χ4n) is 3.02. The largest absolute Gasteiger partial charge is 0.370 e. The molecule has 196 valence electrons. The first-order valence-electron chi connectivity index (χ1n) is 11.3. The molecule has 0 aliphatic heterocycles. The number of urea groups is 2. The first-order chi connectivity index (χ1) is 17.6. The minimum Gasteiger partial charge on any atom is -0.370 e. The topological polar surface area (TPSA) is 159 Å². The molecule has 3 rings (SSSR count). The molecule has 2 aromatic rings. The van der Waals surface area contributed by atoms with Gasteiger partial charge in [0.05, 0.1) is 27.5 Å². The van der Waals surface area contributed by atoms with Gasteiger partial charge in [-0.25, -0.2) is 19.6 Å². The number of amides is 4. The molecule has 0 aromatic heterocycles. The van der Waals surface area contributed by atoms with Gasteiger partial charge in [0.25, 0.3) is 0 Å². The number of nitrogens with two attached hydrogens (primary N) is 2. The molecular formula is C25H30Cl2N8O2. The number of benzene rings is 2. The van der Waals surface area contributed by atoms with E-state index in [2.05, 4.69) is 37.2 Å². The highest BCUT2D eigenvalue weighted by Crippen LogP contribution is 2.26. The number of carbonyl (C=O) groups excluding carboxylic acids is 2. The van der Waals surface area contributed by atoms with Crippen molar-refractivity contribution >= 4 is 58.6 Å². The molecular weight excluding hydrogens is 515 g/mol. The SMILES string of the molecule is C#CCN=C(N)NC(=O)Nc1c(C)cccc1Cl.Cc1cccc(Cl)c1NC(=O)NC(N)=NC1CCC1. The molecule has 1 aliphatic rings. The Morgan fingerprint density at radius 1 is 0.946 bits per heavy atom. The molecule has 0 bridgehead atoms. The van der Waals surface area contributed by atoms with Gasteiger partial charge in [0.1, 0.15) is 6.54 Å². The Hall–Kier alpha value is -3.94. The number of guanidine groups is 2. The second-order valence-electron chi connectivity index (χ2n) is 8.03. The zero-order chi connectivity index (χ0) is 27.4. The molecule has 1 fully saturated rings. The first-order valence-corrected chi connectivity index (χ1v) is 12.1. The van der Waals surface area contributed by atoms with Crippen molar-refractivity contribution in [2.24, 2.45) is 21.5 Å². The lowest BCUT2D eigenvalue weighted by Gasteiger charge is -2.21. The van der Waals surface area contributed by atoms with Crippen LogP contribution < -0.4 is 32.7 Å². The fourth-order valence-corrected chi connectivity index (χ4v) is 3.56. The van der Waals surface area contributed by atoms with E-state index >= 15 is 0 Å². The highest BCUT2D eigenvalue weighted by molar-refractivity contribution is 6.34. The van der Waals surface area contributed by atoms with E-state index in [9.17, 15) is 9.59 Å². The molecule has 0 saturated heterocycles. The number of nitrogens with zero attached hydrogens (tertiary/aromatic N) is 2. The summed E-state index contributed by atoms with van der Waals surface area (Å²) in [6, 6.07) is 10.0. The molecule has 1 saturated carbocycles. The van der Waals surface area contributed by atoms with Crippen LogP contribution in [0.3, 0.4) is 0 Å². The molecule has 8 N–H and O–H groups in total. The van der Waals surface area contributed by atoms with Gasteiger partial charge in [0, 0.05) is 0 Å². The van der Waals surface area contributed by atoms with Gasteiger partial charge in [-0.15, -0.1) is 6.42 Å². The Kier molecular flexibility index (Phi) is 11.5. The Morgan fingerprint density at radius 3 is 1.84 bits per heavy atom. The minimum absolute atomic E-state index is 0.0462. The first kappa shape index (κ1) is 29.3. The number of para-hydroxylation sites is 2. The number of halogens is 2. The van der Waals surface area contributed by atoms with Gasteiger partial charge >= 0.3 is 12.1 Å². The summed E-state index contributed by atoms with van der Waals surface area (Å²) in [4.78, 5) is 31.3. The van der Waals surface area contributed by atoms with E-state index in [0.717, 1.165) is 24.0 Å². The molecule has 2 aromatic carbocycles. The maximum atomic E-state index is 11.8. The molecule has 37 heavy (non-hydrogen) atoms. The van der Waals surface area contributed by atoms with Gasteiger partial charge in [0.2, 0.25) is 0 Å². The average Bonchev–Trinajstić information content (AvgIpc) is 2.80. The summed E-state index contributed by atoms with van der Waals surface area (Å²) in [7, 11) is 0. The maximum Gasteiger partial charge on any atom is 0.326 e. The third-order valence-electron chi connectivity index (χ3n) is 5.14. The van der Waals surface area contributed by atoms with Crippen LogP contribution in [0.5, 0.6) is 0 Å². The fraction of sp³-hybridized carbons (Fsp3) is 0.280. The van der Waals surface area contributed by atoms with Crippen molar-refractivity contribution in [3.8, 4) is 12.3 Å². The van der Waals surface area contributed by atoms with Gasteiger partial charge in [-0.1, -0.05) is 53.4 Å². The normalized spacial score (nSPS) is 13.3. The van der Waals surface area contributed by atoms with Crippen LogP contribution in [0.4, 0.5) is 21.0 Å². The molecule has 0 unspecified atom stereocenters. The van der Waals surface area contributed by atoms with Gasteiger partial charge in [-0.3, -0.25) is 10.6 Å². The van der Waals surface area contributed by atoms with Crippen molar-refractivity contribution in [3.05, 3.63) is 57.6 Å². The number of aliphatic imine (C=N–C) groups is 2. The summed E-state index contributed by atoms with van der Waals surface area (Å²) in [5.41, 5.74) is 13.9. The van der Waals surface area contributed by atoms with Crippen LogP contribution in [0.25, 0.3) is 0 Å². The van der Waals surface area contributed by atoms with Crippen LogP contribution >= 0.6 is 23.2 Å². The average molecular weight is 545 g/mol. The summed E-state index contributed by atoms with van der Waals surface area (Å²) in [5.74, 6) is 2.38. The van der Waals surface area contributed by atoms with Crippen molar-refractivity contribution < 1.29 is 9.59 Å². The molecule has 0 spiro atoms. The van der Waals surface area contributed by atoms with E-state index < -0.39 is 12.1 Å². The Bertz CT molecular complexity index is 1180. The van der Waals surface area contributed by atoms with Crippen LogP contribution in [0.15, 0.2) is 46.4 Å². The lowest BCUT2D eigenvalue weighted by molar-refractivity contribution is 0.255. The van der Waals surface area contributed by atoms with Crippen LogP contribution in [0, 0.1) is 26.2 Å². The van der Waals surface area contributed by atoms with E-state index in [-0.39, 0.29) is 24.5 Å². The number of aryl methyl sites for hydroxylation is 2. The maximum absolute atomic E-state index is 11.8. The molecule has 12 heteroatoms. The standard InChI is InChI=1S/C13H17ClN4O.C12H13ClN4O/c1-8-4-2-7-10(14)11(8)17-13(19)18-12(15)16-9-5-3-6-9;1-3-7-15-11(14)17-12(18)16-10-8(2)5-4-6-9(10)13/h2,4,7,9H,3,5-6H2,1H3,(H4,15,16,17,18,19);1,4-6H,7H2,2H3,(H4,14,15,16,17,18). The summed E-state index contributed by atoms with van der Waals surface area (Å²) in [6.07, 6.45) is 8.26. The number of nitrogens with one attached hydrogen (secondary N) is 4. The van der Waals surface area contributed by atoms with E-state index in [1.807, 2.05) is 32.0 Å². The lowest BCUT2D eigenvalue weighted by Crippen LogP contribution is -2.41. The number of anilines is 2. The second kappa shape index (κ2) is 14.6. The number of hydrogen-bond acceptors (Lipinski definition) is 4. The molecule has 10 nitrogen and oxygen atoms in total. The number of hydrogen-bond donors (Lipinski definition) is 6. The number of carbonyl (C=O) groups is 2. The Labute approximate surface area is 226 Å².